The molecular weight excluding hydrogens is 282 g/mol. The highest BCUT2D eigenvalue weighted by Gasteiger charge is 2.52. The molecule has 2 aliphatic rings. The molecule has 0 saturated carbocycles. The van der Waals surface area contributed by atoms with E-state index in [1.807, 2.05) is 4.90 Å². The molecule has 2 rings (SSSR count). The number of aliphatic hydroxyl groups is 1. The van der Waals surface area contributed by atoms with Crippen molar-refractivity contribution in [2.75, 3.05) is 19.3 Å². The third kappa shape index (κ3) is 3.13. The van der Waals surface area contributed by atoms with Crippen LogP contribution < -0.4 is 10.5 Å². The third-order valence-corrected chi connectivity index (χ3v) is 5.15. The van der Waals surface area contributed by atoms with E-state index in [9.17, 15) is 18.3 Å². The second-order valence-electron chi connectivity index (χ2n) is 5.91. The fourth-order valence-corrected chi connectivity index (χ4v) is 4.00. The van der Waals surface area contributed by atoms with Gasteiger partial charge >= 0.3 is 0 Å². The van der Waals surface area contributed by atoms with Crippen molar-refractivity contribution in [3.05, 3.63) is 0 Å². The molecule has 0 aromatic carbocycles. The number of nitrogens with one attached hydrogen (secondary N) is 1. The number of nitrogens with zero attached hydrogens (tertiary/aromatic N) is 1. The number of nitrogens with two attached hydrogens (primary N) is 1. The number of carbonyl (C=O) groups is 1. The average Bonchev–Trinajstić information content (AvgIpc) is 2.56. The van der Waals surface area contributed by atoms with E-state index in [1.165, 1.54) is 0 Å². The molecular formula is C12H23N3O4S. The summed E-state index contributed by atoms with van der Waals surface area (Å²) in [6.45, 7) is 0.229. The molecule has 0 unspecified atom stereocenters. The Kier molecular flexibility index (Phi) is 4.38. The highest BCUT2D eigenvalue weighted by molar-refractivity contribution is 7.88. The van der Waals surface area contributed by atoms with Crippen LogP contribution in [0, 0.1) is 0 Å². The van der Waals surface area contributed by atoms with Crippen LogP contribution in [0.1, 0.15) is 32.1 Å². The molecule has 116 valence electrons. The second-order valence-corrected chi connectivity index (χ2v) is 7.74. The predicted octanol–water partition coefficient (Wildman–Crippen LogP) is -1.23. The maximum atomic E-state index is 11.8. The zero-order valence-corrected chi connectivity index (χ0v) is 12.5. The zero-order chi connectivity index (χ0) is 15.0. The number of amides is 1. The summed E-state index contributed by atoms with van der Waals surface area (Å²) in [5, 5.41) is 10.0. The third-order valence-electron chi connectivity index (χ3n) is 4.46. The van der Waals surface area contributed by atoms with Gasteiger partial charge in [0.1, 0.15) is 5.54 Å². The maximum absolute atomic E-state index is 11.8. The fourth-order valence-electron chi connectivity index (χ4n) is 3.50. The second kappa shape index (κ2) is 5.59. The minimum Gasteiger partial charge on any atom is -0.390 e. The summed E-state index contributed by atoms with van der Waals surface area (Å²) in [6.07, 6.45) is 4.56. The van der Waals surface area contributed by atoms with Crippen LogP contribution in [-0.2, 0) is 14.8 Å². The Morgan fingerprint density at radius 1 is 1.50 bits per heavy atom. The van der Waals surface area contributed by atoms with Crippen molar-refractivity contribution in [1.82, 2.24) is 9.62 Å². The van der Waals surface area contributed by atoms with Crippen molar-refractivity contribution in [3.8, 4) is 0 Å². The molecule has 0 aromatic heterocycles. The van der Waals surface area contributed by atoms with Crippen molar-refractivity contribution in [2.24, 2.45) is 5.73 Å². The Bertz CT molecular complexity index is 477. The molecule has 2 bridgehead atoms. The van der Waals surface area contributed by atoms with Crippen molar-refractivity contribution >= 4 is 15.9 Å². The standard InChI is InChI=1S/C12H23N3O4S/c1-20(18,19)14-7-10(16)8-15-9-3-2-5-12(15,6-4-9)11(13)17/h9-10,14,16H,2-8H2,1H3,(H2,13,17)/t9-,10+,12+/m1/s1. The summed E-state index contributed by atoms with van der Waals surface area (Å²) in [7, 11) is -3.32. The first-order valence-corrected chi connectivity index (χ1v) is 8.83. The zero-order valence-electron chi connectivity index (χ0n) is 11.7. The number of aliphatic hydroxyl groups excluding tert-OH is 1. The van der Waals surface area contributed by atoms with Gasteiger partial charge in [-0.25, -0.2) is 13.1 Å². The van der Waals surface area contributed by atoms with Crippen molar-refractivity contribution in [1.29, 1.82) is 0 Å². The minimum atomic E-state index is -3.32. The van der Waals surface area contributed by atoms with Gasteiger partial charge in [0.2, 0.25) is 15.9 Å². The lowest BCUT2D eigenvalue weighted by atomic mass is 9.87. The van der Waals surface area contributed by atoms with E-state index >= 15 is 0 Å². The summed E-state index contributed by atoms with van der Waals surface area (Å²) >= 11 is 0. The molecule has 8 heteroatoms. The first-order valence-electron chi connectivity index (χ1n) is 6.94. The Morgan fingerprint density at radius 3 is 2.80 bits per heavy atom. The van der Waals surface area contributed by atoms with Crippen LogP contribution in [0.5, 0.6) is 0 Å². The van der Waals surface area contributed by atoms with Gasteiger partial charge in [0.25, 0.3) is 0 Å². The van der Waals surface area contributed by atoms with Crippen LogP contribution in [0.15, 0.2) is 0 Å². The van der Waals surface area contributed by atoms with E-state index in [1.54, 1.807) is 0 Å². The van der Waals surface area contributed by atoms with Gasteiger partial charge in [-0.15, -0.1) is 0 Å². The van der Waals surface area contributed by atoms with E-state index in [0.717, 1.165) is 38.4 Å². The van der Waals surface area contributed by atoms with Gasteiger partial charge in [0, 0.05) is 19.1 Å². The van der Waals surface area contributed by atoms with E-state index in [-0.39, 0.29) is 25.0 Å². The number of primary amides is 1. The largest absolute Gasteiger partial charge is 0.390 e. The van der Waals surface area contributed by atoms with Gasteiger partial charge in [0.05, 0.1) is 12.4 Å². The van der Waals surface area contributed by atoms with Gasteiger partial charge in [-0.2, -0.15) is 0 Å². The van der Waals surface area contributed by atoms with Gasteiger partial charge in [0.15, 0.2) is 0 Å². The monoisotopic (exact) mass is 305 g/mol. The Hall–Kier alpha value is -0.700. The molecule has 1 amide bonds. The lowest BCUT2D eigenvalue weighted by Crippen LogP contribution is -2.60. The van der Waals surface area contributed by atoms with Gasteiger partial charge in [-0.05, 0) is 32.1 Å². The van der Waals surface area contributed by atoms with Crippen LogP contribution in [0.4, 0.5) is 0 Å². The van der Waals surface area contributed by atoms with Crippen LogP contribution in [0.2, 0.25) is 0 Å². The Labute approximate surface area is 119 Å². The molecule has 4 N–H and O–H groups in total. The minimum absolute atomic E-state index is 0.0447. The number of hydrogen-bond donors (Lipinski definition) is 3. The van der Waals surface area contributed by atoms with Crippen LogP contribution in [0.3, 0.4) is 0 Å². The molecule has 0 aromatic rings. The Balaban J connectivity index is 2.02. The smallest absolute Gasteiger partial charge is 0.237 e. The van der Waals surface area contributed by atoms with Crippen molar-refractivity contribution in [2.45, 2.75) is 49.8 Å². The normalized spacial score (nSPS) is 32.2. The fraction of sp³-hybridized carbons (Fsp3) is 0.917. The number of rotatable bonds is 6. The highest BCUT2D eigenvalue weighted by atomic mass is 32.2. The summed E-state index contributed by atoms with van der Waals surface area (Å²) in [4.78, 5) is 13.8. The van der Waals surface area contributed by atoms with E-state index in [0.29, 0.717) is 0 Å². The summed E-state index contributed by atoms with van der Waals surface area (Å²) < 4.78 is 24.3. The van der Waals surface area contributed by atoms with Gasteiger partial charge in [-0.1, -0.05) is 0 Å². The first-order chi connectivity index (χ1) is 9.24. The van der Waals surface area contributed by atoms with Gasteiger partial charge in [-0.3, -0.25) is 9.69 Å². The SMILES string of the molecule is CS(=O)(=O)NC[C@H](O)CN1[C@@H]2CCC[C@@]1(C(N)=O)CC2. The molecule has 7 nitrogen and oxygen atoms in total. The van der Waals surface area contributed by atoms with E-state index in [2.05, 4.69) is 4.72 Å². The molecule has 20 heavy (non-hydrogen) atoms. The van der Waals surface area contributed by atoms with E-state index < -0.39 is 21.7 Å². The molecule has 0 spiro atoms. The van der Waals surface area contributed by atoms with Crippen LogP contribution >= 0.6 is 0 Å². The number of β-amino-alcohol motifs (C(OH)–C–C–N with tert-alkyl or cyclic N) is 1. The summed E-state index contributed by atoms with van der Waals surface area (Å²) in [6, 6.07) is 0.268. The lowest BCUT2D eigenvalue weighted by Gasteiger charge is -2.43. The number of piperidine rings is 1. The topological polar surface area (TPSA) is 113 Å². The molecule has 2 saturated heterocycles. The molecule has 2 aliphatic heterocycles. The number of carbonyl (C=O) groups excluding carboxylic acids is 1. The number of fused-ring (bicyclic) bond motifs is 2. The molecule has 0 radical (unpaired) electrons. The first kappa shape index (κ1) is 15.7. The molecule has 0 aliphatic carbocycles. The molecule has 2 fully saturated rings. The van der Waals surface area contributed by atoms with Crippen LogP contribution in [-0.4, -0.2) is 61.4 Å². The molecule has 2 heterocycles. The summed E-state index contributed by atoms with van der Waals surface area (Å²) in [5.74, 6) is -0.331. The van der Waals surface area contributed by atoms with Crippen molar-refractivity contribution in [3.63, 3.8) is 0 Å². The highest BCUT2D eigenvalue weighted by Crippen LogP contribution is 2.43. The quantitative estimate of drug-likeness (QED) is 0.569. The Morgan fingerprint density at radius 2 is 2.20 bits per heavy atom. The number of sulfonamides is 1. The number of hydrogen-bond acceptors (Lipinski definition) is 5. The van der Waals surface area contributed by atoms with Crippen LogP contribution in [0.25, 0.3) is 0 Å². The maximum Gasteiger partial charge on any atom is 0.237 e. The summed E-state index contributed by atoms with van der Waals surface area (Å²) in [5.41, 5.74) is 4.93. The van der Waals surface area contributed by atoms with E-state index in [4.69, 9.17) is 5.73 Å². The average molecular weight is 305 g/mol. The molecule has 3 atom stereocenters. The lowest BCUT2D eigenvalue weighted by molar-refractivity contribution is -0.132. The predicted molar refractivity (Wildman–Crippen MR) is 74.4 cm³/mol. The van der Waals surface area contributed by atoms with Crippen molar-refractivity contribution < 1.29 is 18.3 Å². The van der Waals surface area contributed by atoms with Gasteiger partial charge < -0.3 is 10.8 Å².